The van der Waals surface area contributed by atoms with Crippen LogP contribution < -0.4 is 63.4 Å². The molecular weight excluding hydrogens is 1510 g/mol. The number of likely N-dealkylation sites (N-methyl/N-ethyl adjacent to an activating group) is 4. The average molecular weight is 1620 g/mol. The Morgan fingerprint density at radius 2 is 1.08 bits per heavy atom. The SMILES string of the molecule is COc1cc(NCc2ccc3nc(N)nc(N)c3c2C)cc(OC)c1OC.Cc1c2oc3c(C)ccc(C(=O)N[C@@H]4C(=O)N[C@H](C(C)C)C(=O)N5CCC[C@H]5C(=O)N(C)CC(=O)N(C)[C@@H](C(C)C)C(=O)O[C@@H]4C)c3nc-2c(C(=O)N[C@@H]2C(=O)N[C@H](C(C)C)C(=O)N3CCC[C@H]3C(=O)N(C)CC(=O)N(C)[C@@H](C(C)C)C(=O)O[C@@H]2C)c(N)c1=O. The van der Waals surface area contributed by atoms with E-state index >= 15 is 9.59 Å². The molecule has 36 nitrogen and oxygen atoms in total. The van der Waals surface area contributed by atoms with Gasteiger partial charge in [-0.1, -0.05) is 67.5 Å². The Hall–Kier alpha value is -12.1. The van der Waals surface area contributed by atoms with E-state index in [2.05, 4.69) is 36.6 Å². The van der Waals surface area contributed by atoms with Crippen molar-refractivity contribution in [3.05, 3.63) is 80.0 Å². The molecule has 6 aliphatic rings. The lowest BCUT2D eigenvalue weighted by Crippen LogP contribution is -2.61. The van der Waals surface area contributed by atoms with E-state index in [4.69, 9.17) is 50.3 Å². The predicted molar refractivity (Wildman–Crippen MR) is 432 cm³/mol. The first-order valence-electron chi connectivity index (χ1n) is 38.9. The average Bonchev–Trinajstić information content (AvgIpc) is 1.09. The summed E-state index contributed by atoms with van der Waals surface area (Å²) in [4.78, 5) is 208. The summed E-state index contributed by atoms with van der Waals surface area (Å²) in [5.41, 5.74) is 18.9. The number of ether oxygens (including phenoxy) is 5. The number of benzene rings is 4. The molecular formula is C81H109N17O19. The number of anilines is 4. The number of nitrogen functional groups attached to an aromatic ring is 3. The third kappa shape index (κ3) is 18.6. The molecule has 1 aliphatic carbocycles. The normalized spacial score (nSPS) is 22.6. The number of rotatable bonds is 14. The zero-order chi connectivity index (χ0) is 86.5. The molecule has 632 valence electrons. The zero-order valence-electron chi connectivity index (χ0n) is 69.9. The van der Waals surface area contributed by atoms with Gasteiger partial charge in [0.15, 0.2) is 22.8 Å². The molecule has 0 bridgehead atoms. The number of carbonyl (C=O) groups is 12. The molecule has 4 saturated heterocycles. The van der Waals surface area contributed by atoms with Crippen LogP contribution in [0.2, 0.25) is 0 Å². The van der Waals surface area contributed by atoms with E-state index in [-0.39, 0.29) is 59.9 Å². The third-order valence-corrected chi connectivity index (χ3v) is 22.0. The van der Waals surface area contributed by atoms with Crippen LogP contribution in [0.4, 0.5) is 23.1 Å². The molecule has 4 aromatic rings. The van der Waals surface area contributed by atoms with E-state index in [9.17, 15) is 52.7 Å². The first-order chi connectivity index (χ1) is 55.1. The van der Waals surface area contributed by atoms with Gasteiger partial charge >= 0.3 is 11.9 Å². The van der Waals surface area contributed by atoms with Crippen molar-refractivity contribution in [1.29, 1.82) is 0 Å². The number of aryl methyl sites for hydroxylation is 2. The minimum absolute atomic E-state index is 0.0763. The number of aromatic nitrogens is 3. The molecule has 4 fully saturated rings. The molecule has 0 spiro atoms. The number of nitrogens with two attached hydrogens (primary N) is 3. The van der Waals surface area contributed by atoms with Gasteiger partial charge in [-0.05, 0) is 113 Å². The first kappa shape index (κ1) is 88.8. The molecule has 10 amide bonds. The van der Waals surface area contributed by atoms with Crippen molar-refractivity contribution in [3.8, 4) is 28.7 Å². The molecule has 10 rings (SSSR count). The quantitative estimate of drug-likeness (QED) is 0.0439. The maximum atomic E-state index is 15.2. The van der Waals surface area contributed by atoms with Crippen LogP contribution in [0, 0.1) is 44.4 Å². The fourth-order valence-electron chi connectivity index (χ4n) is 15.3. The summed E-state index contributed by atoms with van der Waals surface area (Å²) in [6.07, 6.45) is -1.65. The number of fused-ring (bicyclic) bond motifs is 5. The van der Waals surface area contributed by atoms with E-state index < -0.39 is 191 Å². The van der Waals surface area contributed by atoms with Gasteiger partial charge in [-0.3, -0.25) is 52.7 Å². The van der Waals surface area contributed by atoms with Gasteiger partial charge in [-0.15, -0.1) is 0 Å². The van der Waals surface area contributed by atoms with Crippen molar-refractivity contribution in [2.75, 3.05) is 98.2 Å². The highest BCUT2D eigenvalue weighted by Gasteiger charge is 2.47. The summed E-state index contributed by atoms with van der Waals surface area (Å²) in [5.74, 6) is -10.1. The largest absolute Gasteiger partial charge is 0.493 e. The van der Waals surface area contributed by atoms with Crippen molar-refractivity contribution < 1.29 is 85.6 Å². The van der Waals surface area contributed by atoms with E-state index in [1.807, 2.05) is 31.2 Å². The molecule has 11 N–H and O–H groups in total. The lowest BCUT2D eigenvalue weighted by molar-refractivity contribution is -0.163. The third-order valence-electron chi connectivity index (χ3n) is 22.0. The molecule has 0 unspecified atom stereocenters. The number of cyclic esters (lactones) is 2. The monoisotopic (exact) mass is 1620 g/mol. The minimum atomic E-state index is -1.88. The van der Waals surface area contributed by atoms with Crippen molar-refractivity contribution in [1.82, 2.24) is 65.6 Å². The summed E-state index contributed by atoms with van der Waals surface area (Å²) >= 11 is 0. The second-order valence-electron chi connectivity index (χ2n) is 31.5. The van der Waals surface area contributed by atoms with Gasteiger partial charge < -0.3 is 101 Å². The van der Waals surface area contributed by atoms with Crippen LogP contribution >= 0.6 is 0 Å². The van der Waals surface area contributed by atoms with Gasteiger partial charge in [0, 0.05) is 76.6 Å². The Labute approximate surface area is 677 Å². The summed E-state index contributed by atoms with van der Waals surface area (Å²) in [6, 6.07) is -0.300. The van der Waals surface area contributed by atoms with E-state index in [0.717, 1.165) is 37.5 Å². The predicted octanol–water partition coefficient (Wildman–Crippen LogP) is 3.47. The van der Waals surface area contributed by atoms with Crippen LogP contribution in [-0.2, 0) is 64.0 Å². The van der Waals surface area contributed by atoms with Gasteiger partial charge in [-0.2, -0.15) is 4.98 Å². The number of methoxy groups -OCH3 is 3. The number of esters is 2. The number of carbonyl (C=O) groups excluding carboxylic acids is 12. The number of nitrogens with zero attached hydrogens (tertiary/aromatic N) is 9. The Kier molecular flexibility index (Phi) is 27.9. The van der Waals surface area contributed by atoms with Crippen molar-refractivity contribution >= 4 is 116 Å². The first-order valence-corrected chi connectivity index (χ1v) is 38.9. The molecule has 117 heavy (non-hydrogen) atoms. The summed E-state index contributed by atoms with van der Waals surface area (Å²) in [7, 11) is 10.3. The Morgan fingerprint density at radius 3 is 1.53 bits per heavy atom. The molecule has 6 heterocycles. The van der Waals surface area contributed by atoms with Gasteiger partial charge in [-0.25, -0.2) is 19.6 Å². The highest BCUT2D eigenvalue weighted by Crippen LogP contribution is 2.41. The summed E-state index contributed by atoms with van der Waals surface area (Å²) in [5, 5.41) is 14.9. The summed E-state index contributed by atoms with van der Waals surface area (Å²) in [6.45, 7) is 20.9. The van der Waals surface area contributed by atoms with Crippen LogP contribution in [0.1, 0.15) is 138 Å². The van der Waals surface area contributed by atoms with Gasteiger partial charge in [0.1, 0.15) is 77.6 Å². The highest BCUT2D eigenvalue weighted by molar-refractivity contribution is 6.11. The smallest absolute Gasteiger partial charge is 0.329 e. The minimum Gasteiger partial charge on any atom is -0.493 e. The molecule has 1 aromatic heterocycles. The summed E-state index contributed by atoms with van der Waals surface area (Å²) < 4.78 is 34.4. The van der Waals surface area contributed by atoms with Crippen molar-refractivity contribution in [2.45, 2.75) is 183 Å². The maximum Gasteiger partial charge on any atom is 0.329 e. The van der Waals surface area contributed by atoms with Gasteiger partial charge in [0.25, 0.3) is 11.8 Å². The topological polar surface area (TPSA) is 478 Å². The Bertz CT molecular complexity index is 4890. The molecule has 3 aromatic carbocycles. The molecule has 0 radical (unpaired) electrons. The Balaban J connectivity index is 0.000000485. The molecule has 5 aliphatic heterocycles. The lowest BCUT2D eigenvalue weighted by atomic mass is 9.98. The number of nitrogens with one attached hydrogen (secondary N) is 5. The van der Waals surface area contributed by atoms with E-state index in [1.165, 1.54) is 80.7 Å². The van der Waals surface area contributed by atoms with Crippen LogP contribution in [0.3, 0.4) is 0 Å². The number of amides is 10. The number of hydrogen-bond acceptors (Lipinski definition) is 26. The Morgan fingerprint density at radius 1 is 0.598 bits per heavy atom. The van der Waals surface area contributed by atoms with Crippen LogP contribution in [0.15, 0.2) is 45.6 Å². The van der Waals surface area contributed by atoms with Gasteiger partial charge in [0.05, 0.1) is 56.7 Å². The fourth-order valence-corrected chi connectivity index (χ4v) is 15.3. The lowest BCUT2D eigenvalue weighted by Gasteiger charge is -2.36. The van der Waals surface area contributed by atoms with E-state index in [1.54, 1.807) is 83.6 Å². The maximum absolute atomic E-state index is 15.2. The number of hydrogen-bond donors (Lipinski definition) is 8. The molecule has 10 atom stereocenters. The van der Waals surface area contributed by atoms with E-state index in [0.29, 0.717) is 48.0 Å². The second kappa shape index (κ2) is 36.8. The molecule has 36 heteroatoms. The van der Waals surface area contributed by atoms with Gasteiger partial charge in [0.2, 0.25) is 64.4 Å². The van der Waals surface area contributed by atoms with Crippen molar-refractivity contribution in [3.63, 3.8) is 0 Å². The van der Waals surface area contributed by atoms with Crippen LogP contribution in [-0.4, -0.2) is 252 Å². The second-order valence-corrected chi connectivity index (χ2v) is 31.5. The zero-order valence-corrected chi connectivity index (χ0v) is 69.9. The van der Waals surface area contributed by atoms with Crippen LogP contribution in [0.5, 0.6) is 17.2 Å². The standard InChI is InChI=1S/C62H86N12O16.C19H23N5O3/c1-27(2)42-59(84)73-23-17-19-36(73)57(82)69(13)25-38(75)71(15)48(29(5)6)61(86)88-33(11)44(55(80)65-42)67-53(78)35-22-21-31(9)51-46(35)64-47-40(41(63)50(77)32(10)52(47)90-51)54(79)68-45-34(12)89-62(87)49(30(7)8)72(16)39(76)26-70(14)58(83)37-20-18-24-74(37)60(85)43(28(3)4)66-56(45)81;1-10-11(5-6-13-16(10)18(20)24-19(21)23-13)9-22-12-7-14(25-2)17(27-4)15(8-12)26-3/h21-22,27-30,33-34,36-37,42-45,48-49H,17-20,23-26,63H2,1-16H3,(H,65,80)(H,66,81)(H,67,78)(H,68,79);5-8,22H,9H2,1-4H3,(H4,20,21,23,24)/t33-,34-,36+,37+,42-,43-,44+,45+,48+,49+;/m1./s1. The fraction of sp³-hybridized carbons (Fsp3) is 0.531. The van der Waals surface area contributed by atoms with Crippen molar-refractivity contribution in [2.24, 2.45) is 23.7 Å². The highest BCUT2D eigenvalue weighted by atomic mass is 16.6. The molecule has 0 saturated carbocycles. The van der Waals surface area contributed by atoms with Crippen LogP contribution in [0.25, 0.3) is 33.5 Å².